The molecule has 0 bridgehead atoms. The van der Waals surface area contributed by atoms with Crippen molar-refractivity contribution in [2.75, 3.05) is 11.1 Å². The van der Waals surface area contributed by atoms with Crippen LogP contribution in [0.4, 0.5) is 10.5 Å². The normalized spacial score (nSPS) is 31.7. The number of anilines is 1. The molecule has 0 aromatic heterocycles. The van der Waals surface area contributed by atoms with Gasteiger partial charge in [0.2, 0.25) is 5.91 Å². The largest absolute Gasteiger partial charge is 0.458 e. The van der Waals surface area contributed by atoms with Crippen LogP contribution in [0.1, 0.15) is 49.8 Å². The quantitative estimate of drug-likeness (QED) is 0.151. The van der Waals surface area contributed by atoms with Crippen LogP contribution < -0.4 is 16.0 Å². The highest BCUT2D eigenvalue weighted by Crippen LogP contribution is 2.48. The van der Waals surface area contributed by atoms with Crippen LogP contribution in [0.2, 0.25) is 0 Å². The van der Waals surface area contributed by atoms with Crippen molar-refractivity contribution in [3.8, 4) is 0 Å². The van der Waals surface area contributed by atoms with Crippen molar-refractivity contribution in [3.63, 3.8) is 0 Å². The molecule has 3 amide bonds. The minimum absolute atomic E-state index is 0.0563. The number of carbonyl (C=O) groups excluding carboxylic acids is 4. The first kappa shape index (κ1) is 24.8. The number of fused-ring (bicyclic) bond motifs is 4. The Bertz CT molecular complexity index is 1260. The van der Waals surface area contributed by atoms with Crippen LogP contribution in [0.25, 0.3) is 0 Å². The first-order valence-corrected chi connectivity index (χ1v) is 14.0. The van der Waals surface area contributed by atoms with Crippen molar-refractivity contribution in [1.82, 2.24) is 10.6 Å². The molecule has 0 radical (unpaired) electrons. The second-order valence-electron chi connectivity index (χ2n) is 10.3. The number of unbranched alkanes of at least 4 members (excludes halogenated alkanes) is 1. The molecule has 10 nitrogen and oxygen atoms in total. The summed E-state index contributed by atoms with van der Waals surface area (Å²) in [7, 11) is 0. The van der Waals surface area contributed by atoms with Crippen LogP contribution in [0.5, 0.6) is 0 Å². The molecule has 0 saturated carbocycles. The maximum atomic E-state index is 12.6. The summed E-state index contributed by atoms with van der Waals surface area (Å²) in [5.41, 5.74) is 3.48. The molecule has 38 heavy (non-hydrogen) atoms. The van der Waals surface area contributed by atoms with Crippen molar-refractivity contribution < 1.29 is 33.4 Å². The Balaban J connectivity index is 1.00. The second-order valence-corrected chi connectivity index (χ2v) is 11.6. The van der Waals surface area contributed by atoms with Gasteiger partial charge in [-0.05, 0) is 49.4 Å². The zero-order chi connectivity index (χ0) is 26.4. The molecule has 1 aromatic rings. The second kappa shape index (κ2) is 10.0. The van der Waals surface area contributed by atoms with Crippen LogP contribution in [0.15, 0.2) is 41.7 Å². The van der Waals surface area contributed by atoms with Crippen molar-refractivity contribution in [1.29, 1.82) is 0 Å². The lowest BCUT2D eigenvalue weighted by Crippen LogP contribution is -2.36. The van der Waals surface area contributed by atoms with Gasteiger partial charge in [0, 0.05) is 40.7 Å². The van der Waals surface area contributed by atoms with Crippen LogP contribution in [-0.4, -0.2) is 53.3 Å². The molecule has 6 rings (SSSR count). The Kier molecular flexibility index (Phi) is 6.55. The minimum Gasteiger partial charge on any atom is -0.458 e. The summed E-state index contributed by atoms with van der Waals surface area (Å²) in [6, 6.07) is 6.03. The number of cyclic esters (lactones) is 1. The predicted molar refractivity (Wildman–Crippen MR) is 138 cm³/mol. The van der Waals surface area contributed by atoms with Gasteiger partial charge in [-0.25, -0.2) is 14.4 Å². The summed E-state index contributed by atoms with van der Waals surface area (Å²) in [6.07, 6.45) is 5.31. The number of ether oxygens (including phenoxy) is 3. The maximum absolute atomic E-state index is 12.6. The average Bonchev–Trinajstić information content (AvgIpc) is 3.65. The van der Waals surface area contributed by atoms with E-state index < -0.39 is 24.3 Å². The van der Waals surface area contributed by atoms with E-state index >= 15 is 0 Å². The molecule has 3 fully saturated rings. The summed E-state index contributed by atoms with van der Waals surface area (Å²) >= 11 is 1.88. The molecule has 1 aliphatic carbocycles. The lowest BCUT2D eigenvalue weighted by Gasteiger charge is -2.16. The van der Waals surface area contributed by atoms with Crippen LogP contribution >= 0.6 is 11.8 Å². The van der Waals surface area contributed by atoms with E-state index in [9.17, 15) is 19.2 Å². The third kappa shape index (κ3) is 4.75. The molecule has 4 aliphatic heterocycles. The lowest BCUT2D eigenvalue weighted by atomic mass is 9.98. The van der Waals surface area contributed by atoms with Crippen LogP contribution in [-0.2, 0) is 35.0 Å². The topological polar surface area (TPSA) is 132 Å². The van der Waals surface area contributed by atoms with E-state index in [0.29, 0.717) is 34.9 Å². The molecule has 4 heterocycles. The third-order valence-corrected chi connectivity index (χ3v) is 9.26. The van der Waals surface area contributed by atoms with Gasteiger partial charge < -0.3 is 30.2 Å². The molecule has 3 N–H and O–H groups in total. The van der Waals surface area contributed by atoms with E-state index in [1.54, 1.807) is 13.0 Å². The average molecular weight is 540 g/mol. The highest BCUT2D eigenvalue weighted by Gasteiger charge is 2.47. The smallest absolute Gasteiger partial charge is 0.338 e. The molecule has 6 atom stereocenters. The predicted octanol–water partition coefficient (Wildman–Crippen LogP) is 2.85. The summed E-state index contributed by atoms with van der Waals surface area (Å²) in [5.74, 6) is -0.213. The molecule has 200 valence electrons. The van der Waals surface area contributed by atoms with Gasteiger partial charge in [-0.1, -0.05) is 12.5 Å². The van der Waals surface area contributed by atoms with E-state index in [2.05, 4.69) is 16.0 Å². The lowest BCUT2D eigenvalue weighted by molar-refractivity contribution is -0.152. The Morgan fingerprint density at radius 1 is 1.18 bits per heavy atom. The Labute approximate surface area is 223 Å². The Morgan fingerprint density at radius 3 is 2.87 bits per heavy atom. The van der Waals surface area contributed by atoms with Crippen molar-refractivity contribution >= 4 is 41.3 Å². The van der Waals surface area contributed by atoms with Crippen molar-refractivity contribution in [2.24, 2.45) is 5.92 Å². The van der Waals surface area contributed by atoms with Gasteiger partial charge in [-0.15, -0.1) is 0 Å². The molecular formula is C27H29N3O7S. The number of hydrogen-bond acceptors (Lipinski definition) is 8. The standard InChI is InChI=1S/C27H29N3O7S/c1-13-8-22(36-25(13)32)35-11-18-17-9-14-6-7-15(10-16(14)24(17)37-26(18)33)28-21(31)5-3-2-4-20-23-19(12-38-20)29-27(34)30-23/h6-8,10-11,17,19-20,22-24H,2-5,9,12H2,1H3,(H,28,31)(H2,29,30,34)/b18-11+/t17-,19?,20?,22-,23?,24-/m1/s1. The molecule has 5 aliphatic rings. The van der Waals surface area contributed by atoms with Gasteiger partial charge >= 0.3 is 18.0 Å². The number of thioether (sulfide) groups is 1. The maximum Gasteiger partial charge on any atom is 0.338 e. The molecule has 1 aromatic carbocycles. The van der Waals surface area contributed by atoms with Gasteiger partial charge in [0.05, 0.1) is 23.9 Å². The van der Waals surface area contributed by atoms with Crippen molar-refractivity contribution in [2.45, 2.75) is 68.8 Å². The van der Waals surface area contributed by atoms with E-state index in [0.717, 1.165) is 36.1 Å². The van der Waals surface area contributed by atoms with Crippen LogP contribution in [0.3, 0.4) is 0 Å². The van der Waals surface area contributed by atoms with E-state index in [1.165, 1.54) is 6.26 Å². The van der Waals surface area contributed by atoms with E-state index in [-0.39, 0.29) is 29.9 Å². The molecule has 3 unspecified atom stereocenters. The van der Waals surface area contributed by atoms with Gasteiger partial charge in [-0.2, -0.15) is 11.8 Å². The fourth-order valence-corrected chi connectivity index (χ4v) is 7.33. The van der Waals surface area contributed by atoms with Crippen LogP contribution in [0, 0.1) is 5.92 Å². The summed E-state index contributed by atoms with van der Waals surface area (Å²) in [6.45, 7) is 1.64. The van der Waals surface area contributed by atoms with Gasteiger partial charge in [0.1, 0.15) is 6.10 Å². The van der Waals surface area contributed by atoms with Crippen molar-refractivity contribution in [3.05, 3.63) is 52.8 Å². The number of nitrogens with one attached hydrogen (secondary N) is 3. The number of carbonyl (C=O) groups is 4. The number of urea groups is 1. The number of benzene rings is 1. The minimum atomic E-state index is -0.845. The third-order valence-electron chi connectivity index (χ3n) is 7.75. The molecular weight excluding hydrogens is 510 g/mol. The van der Waals surface area contributed by atoms with E-state index in [1.807, 2.05) is 30.0 Å². The fraction of sp³-hybridized carbons (Fsp3) is 0.481. The number of hydrogen-bond donors (Lipinski definition) is 3. The number of esters is 2. The zero-order valence-electron chi connectivity index (χ0n) is 20.9. The highest BCUT2D eigenvalue weighted by atomic mass is 32.2. The van der Waals surface area contributed by atoms with Gasteiger partial charge in [0.25, 0.3) is 6.29 Å². The first-order chi connectivity index (χ1) is 18.4. The number of rotatable bonds is 8. The Morgan fingerprint density at radius 2 is 2.05 bits per heavy atom. The molecule has 3 saturated heterocycles. The summed E-state index contributed by atoms with van der Waals surface area (Å²) < 4.78 is 16.2. The summed E-state index contributed by atoms with van der Waals surface area (Å²) in [5, 5.41) is 9.31. The fourth-order valence-electron chi connectivity index (χ4n) is 5.78. The highest BCUT2D eigenvalue weighted by molar-refractivity contribution is 8.00. The molecule has 0 spiro atoms. The Hall–Kier alpha value is -3.47. The summed E-state index contributed by atoms with van der Waals surface area (Å²) in [4.78, 5) is 48.2. The molecule has 11 heteroatoms. The monoisotopic (exact) mass is 539 g/mol. The number of amides is 3. The SMILES string of the molecule is CC1=C[C@H](O/C=C2/C(=O)O[C@@H]3c4cc(NC(=O)CCCCC5SCC6NC(=O)NC65)ccc4C[C@H]23)OC1=O. The van der Waals surface area contributed by atoms with Gasteiger partial charge in [-0.3, -0.25) is 4.79 Å². The van der Waals surface area contributed by atoms with Gasteiger partial charge in [0.15, 0.2) is 0 Å². The van der Waals surface area contributed by atoms with E-state index in [4.69, 9.17) is 14.2 Å². The zero-order valence-corrected chi connectivity index (χ0v) is 21.7. The first-order valence-electron chi connectivity index (χ1n) is 12.9.